The third-order valence-electron chi connectivity index (χ3n) is 5.31. The summed E-state index contributed by atoms with van der Waals surface area (Å²) in [6.45, 7) is 3.73. The highest BCUT2D eigenvalue weighted by Gasteiger charge is 2.37. The first-order chi connectivity index (χ1) is 11.6. The number of hydrogen-bond acceptors (Lipinski definition) is 4. The smallest absolute Gasteiger partial charge is 0.290 e. The predicted octanol–water partition coefficient (Wildman–Crippen LogP) is 1.89. The van der Waals surface area contributed by atoms with Gasteiger partial charge in [-0.15, -0.1) is 0 Å². The maximum absolute atomic E-state index is 13.0. The third kappa shape index (κ3) is 3.48. The van der Waals surface area contributed by atoms with E-state index in [2.05, 4.69) is 0 Å². The summed E-state index contributed by atoms with van der Waals surface area (Å²) in [4.78, 5) is 29.1. The molecule has 24 heavy (non-hydrogen) atoms. The predicted molar refractivity (Wildman–Crippen MR) is 88.4 cm³/mol. The first-order valence-electron chi connectivity index (χ1n) is 8.89. The summed E-state index contributed by atoms with van der Waals surface area (Å²) in [5.74, 6) is 0.402. The van der Waals surface area contributed by atoms with Crippen molar-refractivity contribution in [3.8, 4) is 0 Å². The zero-order valence-electron chi connectivity index (χ0n) is 14.2. The highest BCUT2D eigenvalue weighted by molar-refractivity contribution is 5.95. The minimum Gasteiger partial charge on any atom is -0.459 e. The van der Waals surface area contributed by atoms with Crippen molar-refractivity contribution in [3.05, 3.63) is 24.2 Å². The van der Waals surface area contributed by atoms with Gasteiger partial charge in [-0.25, -0.2) is 0 Å². The van der Waals surface area contributed by atoms with Gasteiger partial charge >= 0.3 is 0 Å². The highest BCUT2D eigenvalue weighted by Crippen LogP contribution is 2.25. The number of piperidine rings is 2. The Kier molecular flexibility index (Phi) is 5.23. The Morgan fingerprint density at radius 2 is 1.96 bits per heavy atom. The molecule has 0 aromatic carbocycles. The van der Waals surface area contributed by atoms with Gasteiger partial charge in [-0.3, -0.25) is 9.59 Å². The summed E-state index contributed by atoms with van der Waals surface area (Å²) in [5.41, 5.74) is 0. The summed E-state index contributed by atoms with van der Waals surface area (Å²) in [6, 6.07) is 2.95. The molecule has 2 aliphatic heterocycles. The molecular weight excluding hydrogens is 308 g/mol. The molecule has 0 saturated carbocycles. The lowest BCUT2D eigenvalue weighted by Gasteiger charge is -2.40. The summed E-state index contributed by atoms with van der Waals surface area (Å²) in [6.07, 6.45) is 5.39. The molecule has 6 heteroatoms. The van der Waals surface area contributed by atoms with Crippen molar-refractivity contribution in [2.45, 2.75) is 51.2 Å². The van der Waals surface area contributed by atoms with Crippen LogP contribution >= 0.6 is 0 Å². The van der Waals surface area contributed by atoms with Crippen LogP contribution in [-0.2, 0) is 4.79 Å². The van der Waals surface area contributed by atoms with Gasteiger partial charge in [0.25, 0.3) is 5.91 Å². The average Bonchev–Trinajstić information content (AvgIpc) is 3.15. The van der Waals surface area contributed by atoms with E-state index in [-0.39, 0.29) is 29.9 Å². The summed E-state index contributed by atoms with van der Waals surface area (Å²) in [5, 5.41) is 9.70. The Labute approximate surface area is 142 Å². The van der Waals surface area contributed by atoms with Crippen LogP contribution in [0.15, 0.2) is 22.8 Å². The number of furan rings is 1. The molecule has 2 saturated heterocycles. The molecule has 1 aromatic rings. The molecule has 2 aliphatic rings. The number of likely N-dealkylation sites (tertiary alicyclic amines) is 2. The molecule has 3 rings (SSSR count). The van der Waals surface area contributed by atoms with E-state index < -0.39 is 0 Å². The quantitative estimate of drug-likeness (QED) is 0.916. The Morgan fingerprint density at radius 1 is 1.21 bits per heavy atom. The molecular formula is C18H26N2O4. The van der Waals surface area contributed by atoms with Crippen LogP contribution in [0.25, 0.3) is 0 Å². The van der Waals surface area contributed by atoms with Crippen LogP contribution in [0.1, 0.15) is 49.6 Å². The van der Waals surface area contributed by atoms with Crippen LogP contribution in [0.4, 0.5) is 0 Å². The van der Waals surface area contributed by atoms with Crippen molar-refractivity contribution < 1.29 is 19.1 Å². The third-order valence-corrected chi connectivity index (χ3v) is 5.31. The SMILES string of the molecule is CC(O)C1CCN(C(=O)C2CCCCN2C(=O)c2ccco2)CC1. The van der Waals surface area contributed by atoms with E-state index in [4.69, 9.17) is 4.42 Å². The molecule has 6 nitrogen and oxygen atoms in total. The lowest BCUT2D eigenvalue weighted by molar-refractivity contribution is -0.139. The van der Waals surface area contributed by atoms with Gasteiger partial charge in [0, 0.05) is 19.6 Å². The van der Waals surface area contributed by atoms with E-state index in [1.807, 2.05) is 11.8 Å². The van der Waals surface area contributed by atoms with E-state index in [1.165, 1.54) is 6.26 Å². The van der Waals surface area contributed by atoms with E-state index in [0.29, 0.717) is 31.8 Å². The largest absolute Gasteiger partial charge is 0.459 e. The molecule has 2 amide bonds. The molecule has 2 atom stereocenters. The fourth-order valence-electron chi connectivity index (χ4n) is 3.79. The molecule has 0 spiro atoms. The van der Waals surface area contributed by atoms with Crippen LogP contribution in [0, 0.1) is 5.92 Å². The van der Waals surface area contributed by atoms with Crippen LogP contribution in [-0.4, -0.2) is 58.5 Å². The number of aliphatic hydroxyl groups excluding tert-OH is 1. The van der Waals surface area contributed by atoms with Gasteiger partial charge in [0.1, 0.15) is 6.04 Å². The Bertz CT molecular complexity index is 562. The first-order valence-corrected chi connectivity index (χ1v) is 8.89. The van der Waals surface area contributed by atoms with Crippen LogP contribution in [0.2, 0.25) is 0 Å². The first kappa shape index (κ1) is 17.0. The number of carbonyl (C=O) groups excluding carboxylic acids is 2. The van der Waals surface area contributed by atoms with Crippen molar-refractivity contribution in [1.29, 1.82) is 0 Å². The van der Waals surface area contributed by atoms with Crippen LogP contribution in [0.5, 0.6) is 0 Å². The Hall–Kier alpha value is -1.82. The average molecular weight is 334 g/mol. The molecule has 1 aromatic heterocycles. The number of hydrogen-bond donors (Lipinski definition) is 1. The van der Waals surface area contributed by atoms with Crippen molar-refractivity contribution in [2.24, 2.45) is 5.92 Å². The fourth-order valence-corrected chi connectivity index (χ4v) is 3.79. The molecule has 132 valence electrons. The number of rotatable bonds is 3. The number of amides is 2. The molecule has 1 N–H and O–H groups in total. The fraction of sp³-hybridized carbons (Fsp3) is 0.667. The second kappa shape index (κ2) is 7.38. The zero-order valence-corrected chi connectivity index (χ0v) is 14.2. The monoisotopic (exact) mass is 334 g/mol. The van der Waals surface area contributed by atoms with E-state index >= 15 is 0 Å². The number of nitrogens with zero attached hydrogens (tertiary/aromatic N) is 2. The van der Waals surface area contributed by atoms with Crippen molar-refractivity contribution >= 4 is 11.8 Å². The minimum atomic E-state index is -0.389. The highest BCUT2D eigenvalue weighted by atomic mass is 16.3. The minimum absolute atomic E-state index is 0.0404. The van der Waals surface area contributed by atoms with Crippen LogP contribution < -0.4 is 0 Å². The number of aliphatic hydroxyl groups is 1. The van der Waals surface area contributed by atoms with E-state index in [9.17, 15) is 14.7 Å². The van der Waals surface area contributed by atoms with Gasteiger partial charge in [0.2, 0.25) is 5.91 Å². The molecule has 3 heterocycles. The maximum atomic E-state index is 13.0. The van der Waals surface area contributed by atoms with Gasteiger partial charge in [-0.2, -0.15) is 0 Å². The Balaban J connectivity index is 1.67. The molecule has 2 unspecified atom stereocenters. The summed E-state index contributed by atoms with van der Waals surface area (Å²) < 4.78 is 5.22. The number of carbonyl (C=O) groups is 2. The second-order valence-corrected chi connectivity index (χ2v) is 6.89. The van der Waals surface area contributed by atoms with Crippen LogP contribution in [0.3, 0.4) is 0 Å². The lowest BCUT2D eigenvalue weighted by atomic mass is 9.91. The lowest BCUT2D eigenvalue weighted by Crippen LogP contribution is -2.54. The van der Waals surface area contributed by atoms with E-state index in [0.717, 1.165) is 25.7 Å². The molecule has 0 radical (unpaired) electrons. The summed E-state index contributed by atoms with van der Waals surface area (Å²) >= 11 is 0. The van der Waals surface area contributed by atoms with Crippen molar-refractivity contribution in [1.82, 2.24) is 9.80 Å². The van der Waals surface area contributed by atoms with Gasteiger partial charge in [0.05, 0.1) is 12.4 Å². The Morgan fingerprint density at radius 3 is 2.58 bits per heavy atom. The van der Waals surface area contributed by atoms with Crippen molar-refractivity contribution in [3.63, 3.8) is 0 Å². The van der Waals surface area contributed by atoms with Gasteiger partial charge in [0.15, 0.2) is 5.76 Å². The van der Waals surface area contributed by atoms with Crippen molar-refractivity contribution in [2.75, 3.05) is 19.6 Å². The summed E-state index contributed by atoms with van der Waals surface area (Å²) in [7, 11) is 0. The second-order valence-electron chi connectivity index (χ2n) is 6.89. The standard InChI is InChI=1S/C18H26N2O4/c1-13(21)14-7-10-19(11-8-14)17(22)15-5-2-3-9-20(15)18(23)16-6-4-12-24-16/h4,6,12-15,21H,2-3,5,7-11H2,1H3. The van der Waals surface area contributed by atoms with Gasteiger partial charge < -0.3 is 19.3 Å². The maximum Gasteiger partial charge on any atom is 0.290 e. The molecule has 2 fully saturated rings. The normalized spacial score (nSPS) is 24.0. The van der Waals surface area contributed by atoms with E-state index in [1.54, 1.807) is 17.0 Å². The zero-order chi connectivity index (χ0) is 17.1. The van der Waals surface area contributed by atoms with Gasteiger partial charge in [-0.1, -0.05) is 0 Å². The molecule has 0 bridgehead atoms. The topological polar surface area (TPSA) is 74.0 Å². The molecule has 0 aliphatic carbocycles. The van der Waals surface area contributed by atoms with Gasteiger partial charge in [-0.05, 0) is 57.1 Å².